The highest BCUT2D eigenvalue weighted by Gasteiger charge is 2.39. The maximum absolute atomic E-state index is 13.9. The van der Waals surface area contributed by atoms with Crippen LogP contribution in [0.3, 0.4) is 0 Å². The molecule has 38 heavy (non-hydrogen) atoms. The number of aliphatic imine (C=N–C) groups is 1. The van der Waals surface area contributed by atoms with Crippen LogP contribution in [0.4, 0.5) is 0 Å². The van der Waals surface area contributed by atoms with Gasteiger partial charge in [0.25, 0.3) is 5.91 Å². The number of halogens is 2. The topological polar surface area (TPSA) is 37.6 Å². The molecule has 3 aliphatic rings. The summed E-state index contributed by atoms with van der Waals surface area (Å²) in [5.41, 5.74) is 3.26. The summed E-state index contributed by atoms with van der Waals surface area (Å²) >= 11 is 14.0. The lowest BCUT2D eigenvalue weighted by Crippen LogP contribution is -2.41. The monoisotopic (exact) mass is 565 g/mol. The van der Waals surface area contributed by atoms with Crippen molar-refractivity contribution >= 4 is 63.0 Å². The van der Waals surface area contributed by atoms with E-state index in [0.717, 1.165) is 57.8 Å². The van der Waals surface area contributed by atoms with Gasteiger partial charge in [-0.25, -0.2) is 0 Å². The van der Waals surface area contributed by atoms with Gasteiger partial charge in [0.1, 0.15) is 0 Å². The summed E-state index contributed by atoms with van der Waals surface area (Å²) in [4.78, 5) is 21.9. The number of hydrogen-bond acceptors (Lipinski definition) is 3. The molecule has 2 aliphatic carbocycles. The molecule has 3 aromatic rings. The quantitative estimate of drug-likeness (QED) is 0.289. The Hall–Kier alpha value is -2.21. The molecule has 0 radical (unpaired) electrons. The summed E-state index contributed by atoms with van der Waals surface area (Å²) in [6.45, 7) is 0.671. The second-order valence-corrected chi connectivity index (χ2v) is 12.6. The number of rotatable bonds is 5. The van der Waals surface area contributed by atoms with Gasteiger partial charge in [-0.2, -0.15) is 0 Å². The predicted molar refractivity (Wildman–Crippen MR) is 161 cm³/mol. The number of fused-ring (bicyclic) bond motifs is 1. The van der Waals surface area contributed by atoms with Crippen LogP contribution < -0.4 is 0 Å². The Labute approximate surface area is 239 Å². The molecule has 0 N–H and O–H groups in total. The molecule has 3 fully saturated rings. The van der Waals surface area contributed by atoms with Gasteiger partial charge in [0.15, 0.2) is 5.17 Å². The van der Waals surface area contributed by atoms with Crippen LogP contribution in [-0.4, -0.2) is 32.6 Å². The second-order valence-electron chi connectivity index (χ2n) is 10.8. The van der Waals surface area contributed by atoms with Crippen LogP contribution >= 0.6 is 35.0 Å². The Morgan fingerprint density at radius 1 is 0.921 bits per heavy atom. The van der Waals surface area contributed by atoms with E-state index in [1.807, 2.05) is 18.2 Å². The second kappa shape index (κ2) is 11.5. The third kappa shape index (κ3) is 5.43. The van der Waals surface area contributed by atoms with Crippen LogP contribution in [0.5, 0.6) is 0 Å². The van der Waals surface area contributed by atoms with Crippen molar-refractivity contribution in [3.05, 3.63) is 74.7 Å². The number of para-hydroxylation sites is 1. The minimum Gasteiger partial charge on any atom is -0.342 e. The first-order valence-corrected chi connectivity index (χ1v) is 15.5. The van der Waals surface area contributed by atoms with E-state index in [1.165, 1.54) is 38.5 Å². The summed E-state index contributed by atoms with van der Waals surface area (Å²) in [7, 11) is 0. The number of carbonyl (C=O) groups excluding carboxylic acids is 1. The zero-order valence-corrected chi connectivity index (χ0v) is 23.9. The number of amidine groups is 1. The van der Waals surface area contributed by atoms with E-state index in [-0.39, 0.29) is 11.9 Å². The normalized spacial score (nSPS) is 21.8. The van der Waals surface area contributed by atoms with E-state index in [0.29, 0.717) is 22.6 Å². The Kier molecular flexibility index (Phi) is 7.87. The van der Waals surface area contributed by atoms with Crippen molar-refractivity contribution in [1.82, 2.24) is 9.47 Å². The van der Waals surface area contributed by atoms with Crippen LogP contribution in [0.15, 0.2) is 58.6 Å². The molecule has 2 heterocycles. The molecule has 4 nitrogen and oxygen atoms in total. The summed E-state index contributed by atoms with van der Waals surface area (Å²) in [6, 6.07) is 14.8. The van der Waals surface area contributed by atoms with Gasteiger partial charge in [0.05, 0.1) is 21.0 Å². The maximum Gasteiger partial charge on any atom is 0.267 e. The minimum absolute atomic E-state index is 0.123. The molecule has 1 aromatic heterocycles. The highest BCUT2D eigenvalue weighted by atomic mass is 35.5. The van der Waals surface area contributed by atoms with Gasteiger partial charge in [-0.15, -0.1) is 0 Å². The number of hydrogen-bond donors (Lipinski definition) is 0. The summed E-state index contributed by atoms with van der Waals surface area (Å²) < 4.78 is 2.22. The largest absolute Gasteiger partial charge is 0.342 e. The van der Waals surface area contributed by atoms with Gasteiger partial charge < -0.3 is 4.57 Å². The van der Waals surface area contributed by atoms with Gasteiger partial charge >= 0.3 is 0 Å². The fourth-order valence-electron chi connectivity index (χ4n) is 6.10. The Balaban J connectivity index is 1.35. The van der Waals surface area contributed by atoms with Crippen LogP contribution in [-0.2, 0) is 11.3 Å². The molecule has 0 bridgehead atoms. The van der Waals surface area contributed by atoms with Gasteiger partial charge in [0.2, 0.25) is 0 Å². The highest BCUT2D eigenvalue weighted by molar-refractivity contribution is 8.18. The van der Waals surface area contributed by atoms with Gasteiger partial charge in [-0.1, -0.05) is 86.0 Å². The van der Waals surface area contributed by atoms with Crippen molar-refractivity contribution in [2.45, 2.75) is 82.8 Å². The van der Waals surface area contributed by atoms with Crippen LogP contribution in [0.25, 0.3) is 17.0 Å². The number of aromatic nitrogens is 1. The van der Waals surface area contributed by atoms with Crippen molar-refractivity contribution < 1.29 is 4.79 Å². The molecule has 198 valence electrons. The lowest BCUT2D eigenvalue weighted by Gasteiger charge is -2.31. The smallest absolute Gasteiger partial charge is 0.267 e. The number of benzene rings is 2. The van der Waals surface area contributed by atoms with Crippen LogP contribution in [0, 0.1) is 0 Å². The summed E-state index contributed by atoms with van der Waals surface area (Å²) in [5, 5.41) is 3.18. The fraction of sp³-hybridized carbons (Fsp3) is 0.419. The van der Waals surface area contributed by atoms with E-state index in [2.05, 4.69) is 46.0 Å². The Bertz CT molecular complexity index is 1400. The van der Waals surface area contributed by atoms with E-state index in [1.54, 1.807) is 11.8 Å². The Morgan fingerprint density at radius 2 is 1.66 bits per heavy atom. The van der Waals surface area contributed by atoms with Crippen molar-refractivity contribution in [2.75, 3.05) is 0 Å². The standard InChI is InChI=1S/C31H33Cl2N3OS/c32-26-16-15-21(17-27(26)33)19-35-20-22(25-13-7-8-14-28(25)35)18-29-30(37)36(24-11-5-2-6-12-24)31(38-29)34-23-9-3-1-4-10-23/h7-8,13-18,20,23-24H,1-6,9-12,19H2. The lowest BCUT2D eigenvalue weighted by atomic mass is 9.94. The number of amides is 1. The average molecular weight is 567 g/mol. The number of carbonyl (C=O) groups is 1. The first-order chi connectivity index (χ1) is 18.6. The minimum atomic E-state index is 0.123. The average Bonchev–Trinajstić information content (AvgIpc) is 3.44. The molecule has 1 saturated heterocycles. The first-order valence-electron chi connectivity index (χ1n) is 13.9. The van der Waals surface area contributed by atoms with Crippen LogP contribution in [0.1, 0.15) is 75.3 Å². The molecule has 6 rings (SSSR count). The highest BCUT2D eigenvalue weighted by Crippen LogP contribution is 2.39. The number of nitrogens with zero attached hydrogens (tertiary/aromatic N) is 3. The lowest BCUT2D eigenvalue weighted by molar-refractivity contribution is -0.124. The molecule has 1 amide bonds. The van der Waals surface area contributed by atoms with Gasteiger partial charge in [-0.3, -0.25) is 14.7 Å². The zero-order chi connectivity index (χ0) is 26.1. The van der Waals surface area contributed by atoms with E-state index < -0.39 is 0 Å². The molecule has 7 heteroatoms. The molecule has 2 saturated carbocycles. The molecule has 1 aliphatic heterocycles. The third-order valence-corrected chi connectivity index (χ3v) is 9.82. The first kappa shape index (κ1) is 26.0. The number of thioether (sulfide) groups is 1. The van der Waals surface area contributed by atoms with Gasteiger partial charge in [-0.05, 0) is 67.3 Å². The maximum atomic E-state index is 13.9. The molecule has 0 spiro atoms. The van der Waals surface area contributed by atoms with E-state index >= 15 is 0 Å². The van der Waals surface area contributed by atoms with E-state index in [4.69, 9.17) is 28.2 Å². The van der Waals surface area contributed by atoms with E-state index in [9.17, 15) is 4.79 Å². The van der Waals surface area contributed by atoms with Crippen molar-refractivity contribution in [1.29, 1.82) is 0 Å². The SMILES string of the molecule is O=C1C(=Cc2cn(Cc3ccc(Cl)c(Cl)c3)c3ccccc23)SC(=NC2CCCCC2)N1C1CCCCC1. The van der Waals surface area contributed by atoms with Crippen molar-refractivity contribution in [3.8, 4) is 0 Å². The van der Waals surface area contributed by atoms with Gasteiger partial charge in [0, 0.05) is 35.2 Å². The van der Waals surface area contributed by atoms with Crippen LogP contribution in [0.2, 0.25) is 10.0 Å². The van der Waals surface area contributed by atoms with Crippen molar-refractivity contribution in [3.63, 3.8) is 0 Å². The molecule has 2 aromatic carbocycles. The Morgan fingerprint density at radius 3 is 2.42 bits per heavy atom. The molecule has 0 unspecified atom stereocenters. The molecular formula is C31H33Cl2N3OS. The fourth-order valence-corrected chi connectivity index (χ4v) is 7.52. The summed E-state index contributed by atoms with van der Waals surface area (Å²) in [5.74, 6) is 0.123. The molecular weight excluding hydrogens is 533 g/mol. The zero-order valence-electron chi connectivity index (χ0n) is 21.5. The predicted octanol–water partition coefficient (Wildman–Crippen LogP) is 8.93. The van der Waals surface area contributed by atoms with Crippen molar-refractivity contribution in [2.24, 2.45) is 4.99 Å². The third-order valence-electron chi connectivity index (χ3n) is 8.09. The summed E-state index contributed by atoms with van der Waals surface area (Å²) in [6.07, 6.45) is 16.1. The molecule has 0 atom stereocenters.